The van der Waals surface area contributed by atoms with Gasteiger partial charge in [0.2, 0.25) is 0 Å². The van der Waals surface area contributed by atoms with Crippen LogP contribution in [0.4, 0.5) is 5.69 Å². The maximum atomic E-state index is 11.2. The summed E-state index contributed by atoms with van der Waals surface area (Å²) in [4.78, 5) is 15.8. The van der Waals surface area contributed by atoms with Crippen LogP contribution in [0.15, 0.2) is 24.3 Å². The highest BCUT2D eigenvalue weighted by Crippen LogP contribution is 2.16. The van der Waals surface area contributed by atoms with Crippen LogP contribution in [0, 0.1) is 11.8 Å². The zero-order valence-corrected chi connectivity index (χ0v) is 12.1. The summed E-state index contributed by atoms with van der Waals surface area (Å²) >= 11 is 0. The molecule has 1 aliphatic rings. The smallest absolute Gasteiger partial charge is 0.384 e. The third kappa shape index (κ3) is 4.01. The Hall–Kier alpha value is -1.99. The molecule has 106 valence electrons. The quantitative estimate of drug-likeness (QED) is 0.601. The summed E-state index contributed by atoms with van der Waals surface area (Å²) in [5.41, 5.74) is 2.04. The van der Waals surface area contributed by atoms with E-state index in [0.29, 0.717) is 6.61 Å². The van der Waals surface area contributed by atoms with E-state index >= 15 is 0 Å². The topological polar surface area (TPSA) is 32.8 Å². The Morgan fingerprint density at radius 3 is 2.45 bits per heavy atom. The molecule has 2 rings (SSSR count). The maximum Gasteiger partial charge on any atom is 0.384 e. The molecule has 0 aliphatic carbocycles. The number of benzene rings is 1. The van der Waals surface area contributed by atoms with Crippen molar-refractivity contribution in [1.29, 1.82) is 0 Å². The van der Waals surface area contributed by atoms with Crippen LogP contribution in [0.3, 0.4) is 0 Å². The molecule has 0 aromatic heterocycles. The predicted octanol–water partition coefficient (Wildman–Crippen LogP) is 1.35. The lowest BCUT2D eigenvalue weighted by atomic mass is 10.2. The van der Waals surface area contributed by atoms with Crippen LogP contribution in [0.25, 0.3) is 0 Å². The summed E-state index contributed by atoms with van der Waals surface area (Å²) < 4.78 is 4.77. The van der Waals surface area contributed by atoms with Crippen LogP contribution in [0.2, 0.25) is 0 Å². The van der Waals surface area contributed by atoms with Crippen LogP contribution in [-0.4, -0.2) is 50.7 Å². The second kappa shape index (κ2) is 6.97. The van der Waals surface area contributed by atoms with Gasteiger partial charge < -0.3 is 14.5 Å². The van der Waals surface area contributed by atoms with Gasteiger partial charge >= 0.3 is 5.97 Å². The van der Waals surface area contributed by atoms with Crippen molar-refractivity contribution in [3.8, 4) is 11.8 Å². The fraction of sp³-hybridized carbons (Fsp3) is 0.438. The highest BCUT2D eigenvalue weighted by atomic mass is 16.5. The molecular formula is C16H20N2O2. The van der Waals surface area contributed by atoms with E-state index in [-0.39, 0.29) is 0 Å². The van der Waals surface area contributed by atoms with Gasteiger partial charge in [-0.1, -0.05) is 5.92 Å². The first-order valence-electron chi connectivity index (χ1n) is 6.91. The first-order chi connectivity index (χ1) is 9.69. The van der Waals surface area contributed by atoms with Crippen LogP contribution in [-0.2, 0) is 9.53 Å². The SMILES string of the molecule is CCOC(=O)C#Cc1ccc(N2CCN(C)CC2)cc1. The molecule has 1 saturated heterocycles. The van der Waals surface area contributed by atoms with E-state index in [1.165, 1.54) is 5.69 Å². The Labute approximate surface area is 120 Å². The lowest BCUT2D eigenvalue weighted by Crippen LogP contribution is -2.44. The van der Waals surface area contributed by atoms with Crippen molar-refractivity contribution in [3.05, 3.63) is 29.8 Å². The number of rotatable bonds is 2. The Balaban J connectivity index is 1.98. The molecule has 0 spiro atoms. The minimum absolute atomic E-state index is 0.357. The van der Waals surface area contributed by atoms with Crippen molar-refractivity contribution >= 4 is 11.7 Å². The minimum atomic E-state index is -0.476. The number of carbonyl (C=O) groups excluding carboxylic acids is 1. The Bertz CT molecular complexity index is 506. The minimum Gasteiger partial charge on any atom is -0.456 e. The molecule has 0 atom stereocenters. The molecule has 20 heavy (non-hydrogen) atoms. The number of anilines is 1. The van der Waals surface area contributed by atoms with Crippen molar-refractivity contribution in [2.24, 2.45) is 0 Å². The highest BCUT2D eigenvalue weighted by Gasteiger charge is 2.13. The lowest BCUT2D eigenvalue weighted by Gasteiger charge is -2.34. The highest BCUT2D eigenvalue weighted by molar-refractivity contribution is 5.89. The van der Waals surface area contributed by atoms with Crippen molar-refractivity contribution in [2.45, 2.75) is 6.92 Å². The molecule has 0 saturated carbocycles. The number of piperazine rings is 1. The van der Waals surface area contributed by atoms with Gasteiger partial charge in [-0.15, -0.1) is 0 Å². The van der Waals surface area contributed by atoms with E-state index in [2.05, 4.69) is 40.8 Å². The molecular weight excluding hydrogens is 252 g/mol. The summed E-state index contributed by atoms with van der Waals surface area (Å²) in [6, 6.07) is 8.00. The van der Waals surface area contributed by atoms with E-state index < -0.39 is 5.97 Å². The van der Waals surface area contributed by atoms with Gasteiger partial charge in [0.15, 0.2) is 0 Å². The molecule has 1 heterocycles. The number of esters is 1. The standard InChI is InChI=1S/C16H20N2O2/c1-3-20-16(19)9-6-14-4-7-15(8-5-14)18-12-10-17(2)11-13-18/h4-5,7-8H,3,10-13H2,1-2H3. The van der Waals surface area contributed by atoms with Crippen molar-refractivity contribution < 1.29 is 9.53 Å². The van der Waals surface area contributed by atoms with Gasteiger partial charge in [0, 0.05) is 43.4 Å². The molecule has 4 heteroatoms. The van der Waals surface area contributed by atoms with E-state index in [1.54, 1.807) is 6.92 Å². The molecule has 1 aliphatic heterocycles. The van der Waals surface area contributed by atoms with Gasteiger partial charge in [-0.05, 0) is 38.2 Å². The van der Waals surface area contributed by atoms with Gasteiger partial charge in [-0.2, -0.15) is 0 Å². The molecule has 0 radical (unpaired) electrons. The summed E-state index contributed by atoms with van der Waals surface area (Å²) in [5, 5.41) is 0. The van der Waals surface area contributed by atoms with Gasteiger partial charge in [-0.3, -0.25) is 0 Å². The molecule has 0 bridgehead atoms. The van der Waals surface area contributed by atoms with Crippen LogP contribution in [0.1, 0.15) is 12.5 Å². The van der Waals surface area contributed by atoms with Crippen molar-refractivity contribution in [3.63, 3.8) is 0 Å². The van der Waals surface area contributed by atoms with Crippen LogP contribution >= 0.6 is 0 Å². The number of ether oxygens (including phenoxy) is 1. The van der Waals surface area contributed by atoms with E-state index in [4.69, 9.17) is 4.74 Å². The van der Waals surface area contributed by atoms with E-state index in [1.807, 2.05) is 12.1 Å². The number of carbonyl (C=O) groups is 1. The third-order valence-electron chi connectivity index (χ3n) is 3.32. The Morgan fingerprint density at radius 1 is 1.20 bits per heavy atom. The van der Waals surface area contributed by atoms with Gasteiger partial charge in [0.05, 0.1) is 6.61 Å². The molecule has 1 aromatic carbocycles. The zero-order chi connectivity index (χ0) is 14.4. The molecule has 1 aromatic rings. The normalized spacial score (nSPS) is 15.4. The van der Waals surface area contributed by atoms with Gasteiger partial charge in [0.1, 0.15) is 0 Å². The largest absolute Gasteiger partial charge is 0.456 e. The second-order valence-corrected chi connectivity index (χ2v) is 4.81. The number of hydrogen-bond acceptors (Lipinski definition) is 4. The number of likely N-dealkylation sites (N-methyl/N-ethyl adjacent to an activating group) is 1. The lowest BCUT2D eigenvalue weighted by molar-refractivity contribution is -0.136. The van der Waals surface area contributed by atoms with Crippen molar-refractivity contribution in [2.75, 3.05) is 44.7 Å². The van der Waals surface area contributed by atoms with Crippen LogP contribution in [0.5, 0.6) is 0 Å². The molecule has 0 amide bonds. The van der Waals surface area contributed by atoms with Gasteiger partial charge in [0.25, 0.3) is 0 Å². The first kappa shape index (κ1) is 14.4. The van der Waals surface area contributed by atoms with Crippen molar-refractivity contribution in [1.82, 2.24) is 4.90 Å². The summed E-state index contributed by atoms with van der Waals surface area (Å²) in [6.45, 7) is 6.39. The Kier molecular flexibility index (Phi) is 5.03. The molecule has 1 fully saturated rings. The zero-order valence-electron chi connectivity index (χ0n) is 12.1. The summed E-state index contributed by atoms with van der Waals surface area (Å²) in [6.07, 6.45) is 0. The summed E-state index contributed by atoms with van der Waals surface area (Å²) in [7, 11) is 2.14. The summed E-state index contributed by atoms with van der Waals surface area (Å²) in [5.74, 6) is 4.81. The van der Waals surface area contributed by atoms with E-state index in [0.717, 1.165) is 31.7 Å². The van der Waals surface area contributed by atoms with E-state index in [9.17, 15) is 4.79 Å². The van der Waals surface area contributed by atoms with Gasteiger partial charge in [-0.25, -0.2) is 4.79 Å². The monoisotopic (exact) mass is 272 g/mol. The predicted molar refractivity (Wildman–Crippen MR) is 79.7 cm³/mol. The second-order valence-electron chi connectivity index (χ2n) is 4.81. The molecule has 4 nitrogen and oxygen atoms in total. The fourth-order valence-electron chi connectivity index (χ4n) is 2.11. The Morgan fingerprint density at radius 2 is 1.85 bits per heavy atom. The third-order valence-corrected chi connectivity index (χ3v) is 3.32. The average Bonchev–Trinajstić information content (AvgIpc) is 2.47. The first-order valence-corrected chi connectivity index (χ1v) is 6.91. The van der Waals surface area contributed by atoms with Crippen LogP contribution < -0.4 is 4.90 Å². The maximum absolute atomic E-state index is 11.2. The average molecular weight is 272 g/mol. The number of nitrogens with zero attached hydrogens (tertiary/aromatic N) is 2. The number of hydrogen-bond donors (Lipinski definition) is 0. The fourth-order valence-corrected chi connectivity index (χ4v) is 2.11. The molecule has 0 unspecified atom stereocenters. The molecule has 0 N–H and O–H groups in total.